The molecular formula is C19H18BrN3O6. The number of hydrogen-bond acceptors (Lipinski definition) is 7. The van der Waals surface area contributed by atoms with Gasteiger partial charge in [0.2, 0.25) is 6.79 Å². The smallest absolute Gasteiger partial charge is 0.259 e. The molecule has 0 aliphatic carbocycles. The number of carbonyl (C=O) groups is 2. The molecule has 0 fully saturated rings. The first kappa shape index (κ1) is 20.5. The molecular weight excluding hydrogens is 446 g/mol. The Labute approximate surface area is 175 Å². The molecule has 0 aromatic heterocycles. The summed E-state index contributed by atoms with van der Waals surface area (Å²) in [5, 5.41) is 6.41. The Kier molecular flexibility index (Phi) is 6.55. The Morgan fingerprint density at radius 3 is 2.62 bits per heavy atom. The molecule has 29 heavy (non-hydrogen) atoms. The van der Waals surface area contributed by atoms with Gasteiger partial charge in [0.15, 0.2) is 23.0 Å². The van der Waals surface area contributed by atoms with Crippen LogP contribution in [-0.4, -0.2) is 45.6 Å². The largest absolute Gasteiger partial charge is 0.493 e. The van der Waals surface area contributed by atoms with Crippen molar-refractivity contribution in [3.05, 3.63) is 45.9 Å². The highest BCUT2D eigenvalue weighted by atomic mass is 79.9. The summed E-state index contributed by atoms with van der Waals surface area (Å²) in [6, 6.07) is 8.23. The Morgan fingerprint density at radius 1 is 1.14 bits per heavy atom. The van der Waals surface area contributed by atoms with Crippen LogP contribution in [0.5, 0.6) is 23.0 Å². The van der Waals surface area contributed by atoms with Crippen LogP contribution in [0.25, 0.3) is 0 Å². The Hall–Kier alpha value is -3.27. The molecule has 0 saturated heterocycles. The molecule has 152 valence electrons. The van der Waals surface area contributed by atoms with Gasteiger partial charge in [-0.25, -0.2) is 5.43 Å². The maximum Gasteiger partial charge on any atom is 0.259 e. The quantitative estimate of drug-likeness (QED) is 0.480. The standard InChI is InChI=1S/C19H18BrN3O6/c1-26-15-6-12(13(20)7-16(15)27-2)8-22-23-18(24)9-21-19(25)11-3-4-14-17(5-11)29-10-28-14/h3-8H,9-10H2,1-2H3,(H,21,25)(H,23,24)/b22-8-. The van der Waals surface area contributed by atoms with Crippen molar-refractivity contribution in [1.82, 2.24) is 10.7 Å². The monoisotopic (exact) mass is 463 g/mol. The third-order valence-corrected chi connectivity index (χ3v) is 4.63. The molecule has 1 heterocycles. The third-order valence-electron chi connectivity index (χ3n) is 3.94. The van der Waals surface area contributed by atoms with E-state index in [2.05, 4.69) is 31.8 Å². The van der Waals surface area contributed by atoms with E-state index < -0.39 is 11.8 Å². The van der Waals surface area contributed by atoms with E-state index in [4.69, 9.17) is 18.9 Å². The van der Waals surface area contributed by atoms with Crippen LogP contribution in [0.15, 0.2) is 39.9 Å². The zero-order chi connectivity index (χ0) is 20.8. The summed E-state index contributed by atoms with van der Waals surface area (Å²) < 4.78 is 21.6. The summed E-state index contributed by atoms with van der Waals surface area (Å²) in [5.74, 6) is 1.27. The molecule has 0 unspecified atom stereocenters. The first-order valence-electron chi connectivity index (χ1n) is 8.43. The lowest BCUT2D eigenvalue weighted by Crippen LogP contribution is -2.34. The molecule has 2 N–H and O–H groups in total. The number of rotatable bonds is 7. The van der Waals surface area contributed by atoms with Crippen molar-refractivity contribution in [2.75, 3.05) is 27.6 Å². The number of carbonyl (C=O) groups excluding carboxylic acids is 2. The molecule has 0 radical (unpaired) electrons. The highest BCUT2D eigenvalue weighted by Crippen LogP contribution is 2.33. The van der Waals surface area contributed by atoms with E-state index in [0.29, 0.717) is 38.6 Å². The lowest BCUT2D eigenvalue weighted by atomic mass is 10.2. The van der Waals surface area contributed by atoms with Gasteiger partial charge < -0.3 is 24.3 Å². The molecule has 3 rings (SSSR count). The molecule has 0 bridgehead atoms. The fourth-order valence-corrected chi connectivity index (χ4v) is 2.91. The summed E-state index contributed by atoms with van der Waals surface area (Å²) in [6.07, 6.45) is 1.45. The van der Waals surface area contributed by atoms with E-state index in [1.807, 2.05) is 0 Å². The van der Waals surface area contributed by atoms with Crippen LogP contribution in [0, 0.1) is 0 Å². The van der Waals surface area contributed by atoms with Crippen LogP contribution < -0.4 is 29.7 Å². The van der Waals surface area contributed by atoms with Gasteiger partial charge in [0.05, 0.1) is 27.0 Å². The predicted octanol–water partition coefficient (Wildman–Crippen LogP) is 2.08. The topological polar surface area (TPSA) is 107 Å². The summed E-state index contributed by atoms with van der Waals surface area (Å²) in [6.45, 7) is -0.116. The molecule has 2 aromatic rings. The summed E-state index contributed by atoms with van der Waals surface area (Å²) in [4.78, 5) is 24.1. The predicted molar refractivity (Wildman–Crippen MR) is 108 cm³/mol. The van der Waals surface area contributed by atoms with Crippen molar-refractivity contribution in [2.24, 2.45) is 5.10 Å². The van der Waals surface area contributed by atoms with E-state index in [-0.39, 0.29) is 13.3 Å². The van der Waals surface area contributed by atoms with E-state index >= 15 is 0 Å². The van der Waals surface area contributed by atoms with Crippen LogP contribution >= 0.6 is 15.9 Å². The first-order chi connectivity index (χ1) is 14.0. The van der Waals surface area contributed by atoms with Gasteiger partial charge in [0.1, 0.15) is 0 Å². The fourth-order valence-electron chi connectivity index (χ4n) is 2.48. The van der Waals surface area contributed by atoms with E-state index in [0.717, 1.165) is 0 Å². The summed E-state index contributed by atoms with van der Waals surface area (Å²) in [5.41, 5.74) is 3.39. The number of hydrazone groups is 1. The SMILES string of the molecule is COc1cc(Br)c(/C=N\NC(=O)CNC(=O)c2ccc3c(c2)OCO3)cc1OC. The van der Waals surface area contributed by atoms with Gasteiger partial charge in [-0.2, -0.15) is 5.10 Å². The average Bonchev–Trinajstić information content (AvgIpc) is 3.20. The molecule has 0 atom stereocenters. The number of methoxy groups -OCH3 is 2. The summed E-state index contributed by atoms with van der Waals surface area (Å²) in [7, 11) is 3.06. The number of halogens is 1. The number of fused-ring (bicyclic) bond motifs is 1. The fraction of sp³-hybridized carbons (Fsp3) is 0.211. The zero-order valence-corrected chi connectivity index (χ0v) is 17.2. The second kappa shape index (κ2) is 9.28. The Morgan fingerprint density at radius 2 is 1.86 bits per heavy atom. The second-order valence-corrected chi connectivity index (χ2v) is 6.63. The maximum atomic E-state index is 12.2. The third kappa shape index (κ3) is 4.96. The zero-order valence-electron chi connectivity index (χ0n) is 15.7. The molecule has 1 aliphatic heterocycles. The van der Waals surface area contributed by atoms with Crippen LogP contribution in [-0.2, 0) is 4.79 Å². The van der Waals surface area contributed by atoms with E-state index in [1.165, 1.54) is 20.4 Å². The number of amides is 2. The molecule has 2 aromatic carbocycles. The molecule has 9 nitrogen and oxygen atoms in total. The van der Waals surface area contributed by atoms with Gasteiger partial charge in [-0.3, -0.25) is 9.59 Å². The molecule has 2 amide bonds. The van der Waals surface area contributed by atoms with Gasteiger partial charge in [-0.15, -0.1) is 0 Å². The van der Waals surface area contributed by atoms with E-state index in [1.54, 1.807) is 30.3 Å². The van der Waals surface area contributed by atoms with Crippen molar-refractivity contribution in [3.63, 3.8) is 0 Å². The lowest BCUT2D eigenvalue weighted by molar-refractivity contribution is -0.120. The van der Waals surface area contributed by atoms with Gasteiger partial charge in [-0.1, -0.05) is 0 Å². The van der Waals surface area contributed by atoms with Crippen molar-refractivity contribution >= 4 is 34.0 Å². The van der Waals surface area contributed by atoms with Crippen LogP contribution in [0.3, 0.4) is 0 Å². The normalized spacial score (nSPS) is 12.0. The molecule has 1 aliphatic rings. The highest BCUT2D eigenvalue weighted by molar-refractivity contribution is 9.10. The molecule has 0 saturated carbocycles. The van der Waals surface area contributed by atoms with Gasteiger partial charge >= 0.3 is 0 Å². The van der Waals surface area contributed by atoms with Crippen LogP contribution in [0.4, 0.5) is 0 Å². The maximum absolute atomic E-state index is 12.2. The van der Waals surface area contributed by atoms with Crippen molar-refractivity contribution < 1.29 is 28.5 Å². The van der Waals surface area contributed by atoms with Gasteiger partial charge in [0, 0.05) is 15.6 Å². The average molecular weight is 464 g/mol. The number of nitrogens with zero attached hydrogens (tertiary/aromatic N) is 1. The van der Waals surface area contributed by atoms with Crippen LogP contribution in [0.1, 0.15) is 15.9 Å². The second-order valence-electron chi connectivity index (χ2n) is 5.77. The van der Waals surface area contributed by atoms with Crippen molar-refractivity contribution in [2.45, 2.75) is 0 Å². The number of nitrogens with one attached hydrogen (secondary N) is 2. The Balaban J connectivity index is 1.53. The molecule has 10 heteroatoms. The van der Waals surface area contributed by atoms with Gasteiger partial charge in [-0.05, 0) is 46.3 Å². The van der Waals surface area contributed by atoms with Crippen LogP contribution in [0.2, 0.25) is 0 Å². The van der Waals surface area contributed by atoms with Crippen molar-refractivity contribution in [1.29, 1.82) is 0 Å². The van der Waals surface area contributed by atoms with Gasteiger partial charge in [0.25, 0.3) is 11.8 Å². The minimum absolute atomic E-state index is 0.122. The molecule has 0 spiro atoms. The number of hydrogen-bond donors (Lipinski definition) is 2. The van der Waals surface area contributed by atoms with E-state index in [9.17, 15) is 9.59 Å². The minimum atomic E-state index is -0.480. The Bertz CT molecular complexity index is 963. The van der Waals surface area contributed by atoms with Crippen molar-refractivity contribution in [3.8, 4) is 23.0 Å². The number of ether oxygens (including phenoxy) is 4. The lowest BCUT2D eigenvalue weighted by Gasteiger charge is -2.09. The minimum Gasteiger partial charge on any atom is -0.493 e. The summed E-state index contributed by atoms with van der Waals surface area (Å²) >= 11 is 3.40. The number of benzene rings is 2. The first-order valence-corrected chi connectivity index (χ1v) is 9.22. The highest BCUT2D eigenvalue weighted by Gasteiger charge is 2.16.